The van der Waals surface area contributed by atoms with Gasteiger partial charge in [-0.1, -0.05) is 137 Å². The van der Waals surface area contributed by atoms with Gasteiger partial charge < -0.3 is 14.5 Å². The quantitative estimate of drug-likeness (QED) is 0.162. The molecule has 296 valence electrons. The maximum absolute atomic E-state index is 7.03. The molecule has 2 aromatic heterocycles. The highest BCUT2D eigenvalue weighted by Crippen LogP contribution is 2.43. The monoisotopic (exact) mass is 766 g/mol. The fourth-order valence-corrected chi connectivity index (χ4v) is 8.20. The van der Waals surface area contributed by atoms with Crippen molar-refractivity contribution in [3.63, 3.8) is 0 Å². The first-order valence-corrected chi connectivity index (χ1v) is 20.6. The Morgan fingerprint density at radius 3 is 1.84 bits per heavy atom. The van der Waals surface area contributed by atoms with E-state index in [1.54, 1.807) is 0 Å². The van der Waals surface area contributed by atoms with Crippen molar-refractivity contribution in [2.75, 3.05) is 16.5 Å². The molecule has 58 heavy (non-hydrogen) atoms. The SMILES string of the molecule is CC(C)(C)c1cc(Oc2cc(C(C)(C)C)c3c4ccccc4n(-c4cc(C(C)(C)C)ccn4)c3c2)cc(N2C=CN(c3cccc(C(C)(C)c4ccccc4)c3)C2)c1. The molecule has 1 aliphatic rings. The van der Waals surface area contributed by atoms with E-state index in [1.165, 1.54) is 44.3 Å². The fraction of sp³-hybridized carbons (Fsp3) is 0.302. The highest BCUT2D eigenvalue weighted by molar-refractivity contribution is 6.11. The third kappa shape index (κ3) is 7.39. The van der Waals surface area contributed by atoms with Gasteiger partial charge in [0.25, 0.3) is 0 Å². The van der Waals surface area contributed by atoms with Crippen LogP contribution in [0, 0.1) is 0 Å². The lowest BCUT2D eigenvalue weighted by atomic mass is 9.78. The first-order valence-electron chi connectivity index (χ1n) is 20.6. The zero-order valence-corrected chi connectivity index (χ0v) is 36.2. The Balaban J connectivity index is 1.18. The van der Waals surface area contributed by atoms with Crippen molar-refractivity contribution in [1.82, 2.24) is 9.55 Å². The molecular weight excluding hydrogens is 709 g/mol. The molecule has 0 aliphatic carbocycles. The normalized spacial score (nSPS) is 13.9. The number of hydrogen-bond acceptors (Lipinski definition) is 4. The molecule has 0 spiro atoms. The van der Waals surface area contributed by atoms with Crippen LogP contribution in [0.4, 0.5) is 11.4 Å². The van der Waals surface area contributed by atoms with Gasteiger partial charge in [-0.05, 0) is 92.6 Å². The van der Waals surface area contributed by atoms with Crippen LogP contribution in [-0.4, -0.2) is 16.2 Å². The first-order chi connectivity index (χ1) is 27.4. The van der Waals surface area contributed by atoms with Crippen molar-refractivity contribution in [3.05, 3.63) is 168 Å². The second-order valence-electron chi connectivity index (χ2n) is 19.6. The number of hydrogen-bond donors (Lipinski definition) is 0. The van der Waals surface area contributed by atoms with Crippen LogP contribution in [0.15, 0.2) is 140 Å². The van der Waals surface area contributed by atoms with Crippen molar-refractivity contribution in [2.24, 2.45) is 0 Å². The average Bonchev–Trinajstić information content (AvgIpc) is 3.81. The van der Waals surface area contributed by atoms with E-state index < -0.39 is 0 Å². The fourth-order valence-electron chi connectivity index (χ4n) is 8.20. The maximum Gasteiger partial charge on any atom is 0.137 e. The standard InChI is InChI=1S/C53H58N4O/c1-50(2,3)37-24-25-54-48(31-37)57-46-23-16-15-22-44(46)49-45(52(7,8)9)33-43(34-47(49)57)58-42-30-39(51(4,5)6)29-41(32-42)56-27-26-55(35-56)40-21-17-20-38(28-40)53(10,11)36-18-13-12-14-19-36/h12-34H,35H2,1-11H3. The van der Waals surface area contributed by atoms with Crippen molar-refractivity contribution in [1.29, 1.82) is 0 Å². The number of benzene rings is 5. The third-order valence-corrected chi connectivity index (χ3v) is 11.8. The molecule has 0 N–H and O–H groups in total. The van der Waals surface area contributed by atoms with E-state index in [9.17, 15) is 0 Å². The largest absolute Gasteiger partial charge is 0.457 e. The number of para-hydroxylation sites is 1. The number of fused-ring (bicyclic) bond motifs is 3. The lowest BCUT2D eigenvalue weighted by Gasteiger charge is -2.28. The molecule has 7 aromatic rings. The summed E-state index contributed by atoms with van der Waals surface area (Å²) >= 11 is 0. The molecule has 0 atom stereocenters. The smallest absolute Gasteiger partial charge is 0.137 e. The summed E-state index contributed by atoms with van der Waals surface area (Å²) in [6.45, 7) is 25.7. The first kappa shape index (κ1) is 39.0. The van der Waals surface area contributed by atoms with E-state index >= 15 is 0 Å². The van der Waals surface area contributed by atoms with Crippen molar-refractivity contribution in [2.45, 2.75) is 97.8 Å². The van der Waals surface area contributed by atoms with Gasteiger partial charge in [-0.3, -0.25) is 4.57 Å². The summed E-state index contributed by atoms with van der Waals surface area (Å²) in [4.78, 5) is 9.59. The summed E-state index contributed by atoms with van der Waals surface area (Å²) in [5.41, 5.74) is 10.4. The van der Waals surface area contributed by atoms with Crippen LogP contribution in [0.5, 0.6) is 11.5 Å². The molecule has 0 bridgehead atoms. The predicted molar refractivity (Wildman–Crippen MR) is 245 cm³/mol. The third-order valence-electron chi connectivity index (χ3n) is 11.8. The number of ether oxygens (including phenoxy) is 1. The summed E-state index contributed by atoms with van der Waals surface area (Å²) < 4.78 is 9.35. The number of rotatable bonds is 7. The molecule has 0 saturated heterocycles. The molecule has 5 nitrogen and oxygen atoms in total. The van der Waals surface area contributed by atoms with E-state index in [2.05, 4.69) is 224 Å². The van der Waals surface area contributed by atoms with E-state index in [-0.39, 0.29) is 21.7 Å². The second kappa shape index (κ2) is 14.2. The van der Waals surface area contributed by atoms with Crippen molar-refractivity contribution < 1.29 is 4.74 Å². The number of nitrogens with zero attached hydrogens (tertiary/aromatic N) is 4. The molecule has 0 fully saturated rings. The Bertz CT molecular complexity index is 2660. The minimum Gasteiger partial charge on any atom is -0.457 e. The zero-order chi connectivity index (χ0) is 41.2. The number of anilines is 2. The summed E-state index contributed by atoms with van der Waals surface area (Å²) in [6, 6.07) is 44.0. The molecular formula is C53H58N4O. The Labute approximate surface area is 345 Å². The Morgan fingerprint density at radius 1 is 0.500 bits per heavy atom. The molecule has 0 unspecified atom stereocenters. The molecule has 0 saturated carbocycles. The minimum atomic E-state index is -0.150. The zero-order valence-electron chi connectivity index (χ0n) is 36.2. The van der Waals surface area contributed by atoms with E-state index in [1.807, 2.05) is 6.20 Å². The van der Waals surface area contributed by atoms with Gasteiger partial charge in [0.2, 0.25) is 0 Å². The van der Waals surface area contributed by atoms with Gasteiger partial charge in [-0.15, -0.1) is 0 Å². The van der Waals surface area contributed by atoms with Crippen LogP contribution in [0.3, 0.4) is 0 Å². The lowest BCUT2D eigenvalue weighted by molar-refractivity contribution is 0.476. The molecule has 0 radical (unpaired) electrons. The Hall–Kier alpha value is -5.81. The molecule has 3 heterocycles. The Morgan fingerprint density at radius 2 is 1.14 bits per heavy atom. The minimum absolute atomic E-state index is 0.0120. The van der Waals surface area contributed by atoms with Gasteiger partial charge in [0.15, 0.2) is 0 Å². The topological polar surface area (TPSA) is 33.5 Å². The van der Waals surface area contributed by atoms with Crippen LogP contribution in [0.2, 0.25) is 0 Å². The molecule has 0 amide bonds. The van der Waals surface area contributed by atoms with Crippen LogP contribution < -0.4 is 14.5 Å². The molecule has 1 aliphatic heterocycles. The summed E-state index contributed by atoms with van der Waals surface area (Å²) in [5, 5.41) is 2.45. The van der Waals surface area contributed by atoms with Gasteiger partial charge in [-0.25, -0.2) is 4.98 Å². The predicted octanol–water partition coefficient (Wildman–Crippen LogP) is 13.9. The van der Waals surface area contributed by atoms with Crippen LogP contribution in [-0.2, 0) is 21.7 Å². The molecule has 5 aromatic carbocycles. The van der Waals surface area contributed by atoms with Crippen LogP contribution >= 0.6 is 0 Å². The van der Waals surface area contributed by atoms with E-state index in [4.69, 9.17) is 9.72 Å². The van der Waals surface area contributed by atoms with Gasteiger partial charge >= 0.3 is 0 Å². The van der Waals surface area contributed by atoms with Gasteiger partial charge in [0, 0.05) is 58.3 Å². The number of aromatic nitrogens is 2. The van der Waals surface area contributed by atoms with Gasteiger partial charge in [0.05, 0.1) is 17.7 Å². The Kier molecular flexibility index (Phi) is 9.58. The highest BCUT2D eigenvalue weighted by Gasteiger charge is 2.28. The average molecular weight is 767 g/mol. The molecule has 8 rings (SSSR count). The lowest BCUT2D eigenvalue weighted by Crippen LogP contribution is -2.26. The molecule has 5 heteroatoms. The van der Waals surface area contributed by atoms with Gasteiger partial charge in [0.1, 0.15) is 17.3 Å². The van der Waals surface area contributed by atoms with Crippen LogP contribution in [0.25, 0.3) is 27.6 Å². The van der Waals surface area contributed by atoms with Gasteiger partial charge in [-0.2, -0.15) is 0 Å². The summed E-state index contributed by atoms with van der Waals surface area (Å²) in [7, 11) is 0. The van der Waals surface area contributed by atoms with Crippen LogP contribution in [0.1, 0.15) is 104 Å². The summed E-state index contributed by atoms with van der Waals surface area (Å²) in [5.74, 6) is 2.53. The van der Waals surface area contributed by atoms with E-state index in [0.717, 1.165) is 34.0 Å². The van der Waals surface area contributed by atoms with E-state index in [0.29, 0.717) is 6.67 Å². The summed E-state index contributed by atoms with van der Waals surface area (Å²) in [6.07, 6.45) is 6.31. The van der Waals surface area contributed by atoms with Crippen molar-refractivity contribution in [3.8, 4) is 17.3 Å². The number of pyridine rings is 1. The maximum atomic E-state index is 7.03. The van der Waals surface area contributed by atoms with Crippen molar-refractivity contribution >= 4 is 33.2 Å². The second-order valence-corrected chi connectivity index (χ2v) is 19.6. The highest BCUT2D eigenvalue weighted by atomic mass is 16.5.